The molecule has 0 aliphatic carbocycles. The van der Waals surface area contributed by atoms with Crippen LogP contribution in [-0.4, -0.2) is 46.9 Å². The van der Waals surface area contributed by atoms with Gasteiger partial charge in [-0.3, -0.25) is 19.7 Å². The molecule has 7 nitrogen and oxygen atoms in total. The van der Waals surface area contributed by atoms with E-state index in [1.165, 1.54) is 0 Å². The summed E-state index contributed by atoms with van der Waals surface area (Å²) in [4.78, 5) is 36.8. The maximum Gasteiger partial charge on any atom is 0.320 e. The van der Waals surface area contributed by atoms with E-state index in [-0.39, 0.29) is 30.8 Å². The number of nitrogens with one attached hydrogen (secondary N) is 2. The average molecular weight is 398 g/mol. The summed E-state index contributed by atoms with van der Waals surface area (Å²) in [7, 11) is 0. The number of amides is 2. The highest BCUT2D eigenvalue weighted by atomic mass is 35.5. The predicted molar refractivity (Wildman–Crippen MR) is 105 cm³/mol. The van der Waals surface area contributed by atoms with Gasteiger partial charge in [-0.25, -0.2) is 0 Å². The second-order valence-corrected chi connectivity index (χ2v) is 6.52. The molecule has 2 rings (SSSR count). The molecule has 0 radical (unpaired) electrons. The molecule has 2 amide bonds. The van der Waals surface area contributed by atoms with Crippen LogP contribution in [0, 0.1) is 0 Å². The van der Waals surface area contributed by atoms with Crippen molar-refractivity contribution in [1.82, 2.24) is 15.5 Å². The molecule has 3 N–H and O–H groups in total. The molecule has 1 aliphatic heterocycles. The van der Waals surface area contributed by atoms with Gasteiger partial charge in [-0.05, 0) is 24.0 Å². The van der Waals surface area contributed by atoms with Gasteiger partial charge < -0.3 is 15.3 Å². The van der Waals surface area contributed by atoms with Gasteiger partial charge in [-0.1, -0.05) is 37.6 Å². The lowest BCUT2D eigenvalue weighted by Gasteiger charge is -2.18. The largest absolute Gasteiger partial charge is 0.480 e. The first-order valence-corrected chi connectivity index (χ1v) is 9.08. The van der Waals surface area contributed by atoms with Crippen molar-refractivity contribution in [3.63, 3.8) is 0 Å². The zero-order valence-electron chi connectivity index (χ0n) is 15.6. The minimum Gasteiger partial charge on any atom is -0.480 e. The van der Waals surface area contributed by atoms with Crippen LogP contribution >= 0.6 is 12.4 Å². The van der Waals surface area contributed by atoms with E-state index in [1.807, 2.05) is 36.1 Å². The summed E-state index contributed by atoms with van der Waals surface area (Å²) in [5.41, 5.74) is 1.98. The summed E-state index contributed by atoms with van der Waals surface area (Å²) in [6, 6.07) is 7.01. The van der Waals surface area contributed by atoms with Crippen LogP contribution in [-0.2, 0) is 27.5 Å². The van der Waals surface area contributed by atoms with Crippen molar-refractivity contribution >= 4 is 30.2 Å². The molecule has 1 atom stereocenters. The van der Waals surface area contributed by atoms with E-state index >= 15 is 0 Å². The van der Waals surface area contributed by atoms with Crippen LogP contribution < -0.4 is 10.6 Å². The Morgan fingerprint density at radius 1 is 1.26 bits per heavy atom. The Labute approximate surface area is 165 Å². The van der Waals surface area contributed by atoms with Crippen molar-refractivity contribution in [2.24, 2.45) is 0 Å². The number of halogens is 1. The van der Waals surface area contributed by atoms with Crippen molar-refractivity contribution in [3.8, 4) is 0 Å². The highest BCUT2D eigenvalue weighted by molar-refractivity contribution is 5.85. The molecule has 150 valence electrons. The molecule has 1 aliphatic rings. The van der Waals surface area contributed by atoms with Crippen LogP contribution in [0.4, 0.5) is 0 Å². The minimum atomic E-state index is -0.944. The van der Waals surface area contributed by atoms with Crippen LogP contribution in [0.1, 0.15) is 43.7 Å². The monoisotopic (exact) mass is 397 g/mol. The first-order chi connectivity index (χ1) is 12.5. The molecule has 0 aromatic heterocycles. The van der Waals surface area contributed by atoms with Crippen LogP contribution in [0.3, 0.4) is 0 Å². The van der Waals surface area contributed by atoms with E-state index in [1.54, 1.807) is 0 Å². The normalized spacial score (nSPS) is 14.6. The average Bonchev–Trinajstić information content (AvgIpc) is 3.02. The van der Waals surface area contributed by atoms with Gasteiger partial charge in [0.25, 0.3) is 0 Å². The number of nitrogens with zero attached hydrogens (tertiary/aromatic N) is 1. The maximum absolute atomic E-state index is 12.0. The van der Waals surface area contributed by atoms with Crippen LogP contribution in [0.25, 0.3) is 0 Å². The summed E-state index contributed by atoms with van der Waals surface area (Å²) in [5.74, 6) is -1.02. The van der Waals surface area contributed by atoms with Gasteiger partial charge in [0, 0.05) is 26.1 Å². The number of benzene rings is 1. The van der Waals surface area contributed by atoms with Gasteiger partial charge in [0.2, 0.25) is 11.8 Å². The fourth-order valence-electron chi connectivity index (χ4n) is 3.03. The van der Waals surface area contributed by atoms with Gasteiger partial charge in [0.15, 0.2) is 0 Å². The lowest BCUT2D eigenvalue weighted by Crippen LogP contribution is -2.42. The zero-order valence-corrected chi connectivity index (χ0v) is 16.4. The van der Waals surface area contributed by atoms with Crippen molar-refractivity contribution in [2.45, 2.75) is 51.7 Å². The third kappa shape index (κ3) is 7.19. The van der Waals surface area contributed by atoms with E-state index < -0.39 is 12.0 Å². The number of aliphatic carboxylic acids is 1. The van der Waals surface area contributed by atoms with E-state index in [0.29, 0.717) is 25.9 Å². The number of carboxylic acids is 1. The molecule has 0 spiro atoms. The fourth-order valence-corrected chi connectivity index (χ4v) is 3.03. The molecule has 1 aromatic rings. The lowest BCUT2D eigenvalue weighted by atomic mass is 10.1. The highest BCUT2D eigenvalue weighted by Crippen LogP contribution is 2.17. The molecule has 0 saturated carbocycles. The van der Waals surface area contributed by atoms with Gasteiger partial charge in [-0.2, -0.15) is 0 Å². The number of hydrogen-bond acceptors (Lipinski definition) is 4. The summed E-state index contributed by atoms with van der Waals surface area (Å²) < 4.78 is 0. The SMILES string of the molecule is CCCC(NCC(=O)NCc1ccccc1CN1CCCC1=O)C(=O)O.Cl. The van der Waals surface area contributed by atoms with Crippen molar-refractivity contribution in [1.29, 1.82) is 0 Å². The molecule has 1 unspecified atom stereocenters. The van der Waals surface area contributed by atoms with Crippen LogP contribution in [0.5, 0.6) is 0 Å². The third-order valence-electron chi connectivity index (χ3n) is 4.51. The molecular weight excluding hydrogens is 370 g/mol. The Bertz CT molecular complexity index is 654. The summed E-state index contributed by atoms with van der Waals surface area (Å²) >= 11 is 0. The Balaban J connectivity index is 0.00000364. The van der Waals surface area contributed by atoms with Gasteiger partial charge >= 0.3 is 5.97 Å². The summed E-state index contributed by atoms with van der Waals surface area (Å²) in [6.45, 7) is 3.55. The van der Waals surface area contributed by atoms with E-state index in [4.69, 9.17) is 5.11 Å². The Kier molecular flexibility index (Phi) is 9.82. The first-order valence-electron chi connectivity index (χ1n) is 9.08. The zero-order chi connectivity index (χ0) is 18.9. The molecule has 27 heavy (non-hydrogen) atoms. The lowest BCUT2D eigenvalue weighted by molar-refractivity contribution is -0.139. The number of rotatable bonds is 10. The maximum atomic E-state index is 12.0. The standard InChI is InChI=1S/C19H27N3O4.ClH/c1-2-6-16(19(25)26)20-12-17(23)21-11-14-7-3-4-8-15(14)13-22-10-5-9-18(22)24;/h3-4,7-8,16,20H,2,5-6,9-13H2,1H3,(H,21,23)(H,25,26);1H. The number of carbonyl (C=O) groups excluding carboxylic acids is 2. The van der Waals surface area contributed by atoms with E-state index in [9.17, 15) is 14.4 Å². The molecule has 8 heteroatoms. The van der Waals surface area contributed by atoms with Gasteiger partial charge in [0.1, 0.15) is 6.04 Å². The predicted octanol–water partition coefficient (Wildman–Crippen LogP) is 1.69. The van der Waals surface area contributed by atoms with Crippen molar-refractivity contribution in [2.75, 3.05) is 13.1 Å². The molecule has 0 bridgehead atoms. The highest BCUT2D eigenvalue weighted by Gasteiger charge is 2.21. The molecule has 1 heterocycles. The van der Waals surface area contributed by atoms with Crippen LogP contribution in [0.15, 0.2) is 24.3 Å². The second kappa shape index (κ2) is 11.6. The van der Waals surface area contributed by atoms with Gasteiger partial charge in [-0.15, -0.1) is 12.4 Å². The first kappa shape index (κ1) is 22.9. The Hall–Kier alpha value is -2.12. The fraction of sp³-hybridized carbons (Fsp3) is 0.526. The number of hydrogen-bond donors (Lipinski definition) is 3. The molecular formula is C19H28ClN3O4. The topological polar surface area (TPSA) is 98.7 Å². The Morgan fingerprint density at radius 2 is 1.96 bits per heavy atom. The van der Waals surface area contributed by atoms with Crippen molar-refractivity contribution < 1.29 is 19.5 Å². The number of carboxylic acid groups (broad SMARTS) is 1. The molecule has 1 saturated heterocycles. The quantitative estimate of drug-likeness (QED) is 0.558. The second-order valence-electron chi connectivity index (χ2n) is 6.52. The molecule has 1 aromatic carbocycles. The smallest absolute Gasteiger partial charge is 0.320 e. The van der Waals surface area contributed by atoms with Crippen molar-refractivity contribution in [3.05, 3.63) is 35.4 Å². The number of likely N-dealkylation sites (tertiary alicyclic amines) is 1. The van der Waals surface area contributed by atoms with E-state index in [2.05, 4.69) is 10.6 Å². The van der Waals surface area contributed by atoms with Crippen LogP contribution in [0.2, 0.25) is 0 Å². The summed E-state index contributed by atoms with van der Waals surface area (Å²) in [5, 5.41) is 14.7. The third-order valence-corrected chi connectivity index (χ3v) is 4.51. The summed E-state index contributed by atoms with van der Waals surface area (Å²) in [6.07, 6.45) is 2.71. The van der Waals surface area contributed by atoms with E-state index in [0.717, 1.165) is 30.5 Å². The minimum absolute atomic E-state index is 0. The van der Waals surface area contributed by atoms with Gasteiger partial charge in [0.05, 0.1) is 6.54 Å². The number of carbonyl (C=O) groups is 3. The molecule has 1 fully saturated rings. The Morgan fingerprint density at radius 3 is 2.56 bits per heavy atom.